The molecule has 2 aliphatic carbocycles. The van der Waals surface area contributed by atoms with Gasteiger partial charge in [0, 0.05) is 18.6 Å². The third kappa shape index (κ3) is 2.48. The van der Waals surface area contributed by atoms with Gasteiger partial charge in [0.1, 0.15) is 0 Å². The summed E-state index contributed by atoms with van der Waals surface area (Å²) >= 11 is 0. The molecule has 1 heterocycles. The van der Waals surface area contributed by atoms with E-state index in [9.17, 15) is 4.79 Å². The Labute approximate surface area is 134 Å². The van der Waals surface area contributed by atoms with Gasteiger partial charge >= 0.3 is 5.63 Å². The first-order valence-corrected chi connectivity index (χ1v) is 8.23. The normalized spacial score (nSPS) is 25.9. The maximum absolute atomic E-state index is 12.3. The van der Waals surface area contributed by atoms with Gasteiger partial charge in [-0.05, 0) is 37.0 Å². The molecule has 0 amide bonds. The van der Waals surface area contributed by atoms with E-state index in [1.54, 1.807) is 26.4 Å². The van der Waals surface area contributed by atoms with Crippen molar-refractivity contribution in [3.05, 3.63) is 28.4 Å². The summed E-state index contributed by atoms with van der Waals surface area (Å²) in [6.07, 6.45) is 6.04. The smallest absolute Gasteiger partial charge is 0.346 e. The maximum atomic E-state index is 12.3. The molecule has 2 aromatic rings. The van der Waals surface area contributed by atoms with Crippen molar-refractivity contribution in [1.82, 2.24) is 4.98 Å². The Kier molecular flexibility index (Phi) is 3.51. The van der Waals surface area contributed by atoms with Gasteiger partial charge in [-0.25, -0.2) is 9.78 Å². The molecular weight excluding hydrogens is 294 g/mol. The van der Waals surface area contributed by atoms with E-state index >= 15 is 0 Å². The zero-order chi connectivity index (χ0) is 16.0. The Morgan fingerprint density at radius 2 is 1.96 bits per heavy atom. The summed E-state index contributed by atoms with van der Waals surface area (Å²) in [6, 6.07) is 3.38. The average Bonchev–Trinajstić information content (AvgIpc) is 3.16. The van der Waals surface area contributed by atoms with E-state index in [4.69, 9.17) is 13.9 Å². The van der Waals surface area contributed by atoms with Crippen molar-refractivity contribution in [2.24, 2.45) is 17.8 Å². The molecule has 0 radical (unpaired) electrons. The second kappa shape index (κ2) is 5.55. The number of hydrogen-bond acceptors (Lipinski definition) is 5. The van der Waals surface area contributed by atoms with Crippen LogP contribution in [0.15, 0.2) is 21.3 Å². The second-order valence-corrected chi connectivity index (χ2v) is 6.76. The Hall–Kier alpha value is -2.04. The van der Waals surface area contributed by atoms with E-state index in [1.807, 2.05) is 0 Å². The zero-order valence-electron chi connectivity index (χ0n) is 13.5. The molecule has 0 aliphatic heterocycles. The van der Waals surface area contributed by atoms with E-state index in [0.29, 0.717) is 34.2 Å². The van der Waals surface area contributed by atoms with Crippen molar-refractivity contribution in [3.63, 3.8) is 0 Å². The summed E-state index contributed by atoms with van der Waals surface area (Å²) in [5, 5.41) is 0.430. The minimum Gasteiger partial charge on any atom is -0.493 e. The highest BCUT2D eigenvalue weighted by Crippen LogP contribution is 2.49. The van der Waals surface area contributed by atoms with Crippen molar-refractivity contribution in [2.45, 2.75) is 32.1 Å². The molecule has 0 spiro atoms. The number of aromatic nitrogens is 1. The van der Waals surface area contributed by atoms with E-state index in [-0.39, 0.29) is 5.63 Å². The summed E-state index contributed by atoms with van der Waals surface area (Å²) in [6.45, 7) is 0. The van der Waals surface area contributed by atoms with Gasteiger partial charge in [-0.2, -0.15) is 0 Å². The molecule has 2 saturated carbocycles. The summed E-state index contributed by atoms with van der Waals surface area (Å²) in [5.41, 5.74) is 0.256. The van der Waals surface area contributed by atoms with Crippen LogP contribution in [0, 0.1) is 17.8 Å². The van der Waals surface area contributed by atoms with Crippen molar-refractivity contribution in [2.75, 3.05) is 14.2 Å². The molecule has 5 heteroatoms. The average molecular weight is 315 g/mol. The van der Waals surface area contributed by atoms with Crippen molar-refractivity contribution < 1.29 is 13.9 Å². The monoisotopic (exact) mass is 315 g/mol. The fraction of sp³-hybridized carbons (Fsp3) is 0.556. The highest BCUT2D eigenvalue weighted by molar-refractivity contribution is 5.81. The van der Waals surface area contributed by atoms with Crippen LogP contribution < -0.4 is 15.1 Å². The standard InChI is InChI=1S/C18H21NO4/c1-21-15-8-13-14(9-16(15)22-2)19-17(23-18(13)20)7-12-6-10-3-4-11(12)5-10/h8-12H,3-7H2,1-2H3. The third-order valence-corrected chi connectivity index (χ3v) is 5.50. The van der Waals surface area contributed by atoms with Gasteiger partial charge < -0.3 is 13.9 Å². The molecule has 5 nitrogen and oxygen atoms in total. The van der Waals surface area contributed by atoms with Crippen LogP contribution in [0.5, 0.6) is 11.5 Å². The van der Waals surface area contributed by atoms with Crippen molar-refractivity contribution in [1.29, 1.82) is 0 Å². The largest absolute Gasteiger partial charge is 0.493 e. The minimum atomic E-state index is -0.353. The molecule has 3 unspecified atom stereocenters. The van der Waals surface area contributed by atoms with Crippen LogP contribution in [0.3, 0.4) is 0 Å². The molecule has 3 atom stereocenters. The number of fused-ring (bicyclic) bond motifs is 3. The van der Waals surface area contributed by atoms with Crippen LogP contribution in [-0.4, -0.2) is 19.2 Å². The summed E-state index contributed by atoms with van der Waals surface area (Å²) < 4.78 is 16.0. The van der Waals surface area contributed by atoms with E-state index < -0.39 is 0 Å². The topological polar surface area (TPSA) is 61.6 Å². The molecule has 122 valence electrons. The lowest BCUT2D eigenvalue weighted by molar-refractivity contribution is 0.299. The van der Waals surface area contributed by atoms with E-state index in [2.05, 4.69) is 4.98 Å². The van der Waals surface area contributed by atoms with Crippen LogP contribution in [0.2, 0.25) is 0 Å². The van der Waals surface area contributed by atoms with Gasteiger partial charge in [0.15, 0.2) is 17.4 Å². The molecule has 2 aliphatic rings. The van der Waals surface area contributed by atoms with E-state index in [0.717, 1.165) is 18.3 Å². The predicted molar refractivity (Wildman–Crippen MR) is 86.0 cm³/mol. The number of nitrogens with zero attached hydrogens (tertiary/aromatic N) is 1. The lowest BCUT2D eigenvalue weighted by Gasteiger charge is -2.20. The molecule has 0 saturated heterocycles. The van der Waals surface area contributed by atoms with Crippen LogP contribution >= 0.6 is 0 Å². The van der Waals surface area contributed by atoms with E-state index in [1.165, 1.54) is 25.7 Å². The van der Waals surface area contributed by atoms with Crippen LogP contribution in [0.4, 0.5) is 0 Å². The second-order valence-electron chi connectivity index (χ2n) is 6.76. The molecule has 23 heavy (non-hydrogen) atoms. The molecule has 4 rings (SSSR count). The highest BCUT2D eigenvalue weighted by Gasteiger charge is 2.39. The first-order chi connectivity index (χ1) is 11.2. The lowest BCUT2D eigenvalue weighted by Crippen LogP contribution is -2.15. The molecule has 2 fully saturated rings. The van der Waals surface area contributed by atoms with Crippen molar-refractivity contribution >= 4 is 10.9 Å². The third-order valence-electron chi connectivity index (χ3n) is 5.50. The fourth-order valence-corrected chi connectivity index (χ4v) is 4.38. The predicted octanol–water partition coefficient (Wildman–Crippen LogP) is 3.18. The SMILES string of the molecule is COc1cc2nc(CC3CC4CCC3C4)oc(=O)c2cc1OC. The van der Waals surface area contributed by atoms with Gasteiger partial charge in [-0.15, -0.1) is 0 Å². The van der Waals surface area contributed by atoms with Crippen molar-refractivity contribution in [3.8, 4) is 11.5 Å². The Morgan fingerprint density at radius 1 is 1.17 bits per heavy atom. The lowest BCUT2D eigenvalue weighted by atomic mass is 9.86. The number of methoxy groups -OCH3 is 2. The van der Waals surface area contributed by atoms with Crippen LogP contribution in [0.25, 0.3) is 10.9 Å². The fourth-order valence-electron chi connectivity index (χ4n) is 4.38. The van der Waals surface area contributed by atoms with Crippen LogP contribution in [-0.2, 0) is 6.42 Å². The zero-order valence-corrected chi connectivity index (χ0v) is 13.5. The Bertz CT molecular complexity index is 797. The Morgan fingerprint density at radius 3 is 2.61 bits per heavy atom. The molecule has 1 aromatic carbocycles. The molecule has 2 bridgehead atoms. The minimum absolute atomic E-state index is 0.353. The number of hydrogen-bond donors (Lipinski definition) is 0. The quantitative estimate of drug-likeness (QED) is 0.867. The number of rotatable bonds is 4. The summed E-state index contributed by atoms with van der Waals surface area (Å²) in [7, 11) is 3.12. The van der Waals surface area contributed by atoms with Gasteiger partial charge in [0.2, 0.25) is 0 Å². The first-order valence-electron chi connectivity index (χ1n) is 8.23. The van der Waals surface area contributed by atoms with Gasteiger partial charge in [-0.3, -0.25) is 0 Å². The van der Waals surface area contributed by atoms with Crippen LogP contribution in [0.1, 0.15) is 31.6 Å². The maximum Gasteiger partial charge on any atom is 0.346 e. The Balaban J connectivity index is 1.70. The van der Waals surface area contributed by atoms with Gasteiger partial charge in [0.25, 0.3) is 0 Å². The van der Waals surface area contributed by atoms with Gasteiger partial charge in [-0.1, -0.05) is 6.42 Å². The molecular formula is C18H21NO4. The molecule has 1 aromatic heterocycles. The number of ether oxygens (including phenoxy) is 2. The molecule has 0 N–H and O–H groups in total. The first kappa shape index (κ1) is 14.5. The summed E-state index contributed by atoms with van der Waals surface area (Å²) in [5.74, 6) is 3.91. The van der Waals surface area contributed by atoms with Gasteiger partial charge in [0.05, 0.1) is 25.1 Å². The summed E-state index contributed by atoms with van der Waals surface area (Å²) in [4.78, 5) is 16.9. The highest BCUT2D eigenvalue weighted by atomic mass is 16.5. The number of benzene rings is 1.